The van der Waals surface area contributed by atoms with Crippen LogP contribution in [0.5, 0.6) is 0 Å². The molecule has 86 valence electrons. The molecule has 4 nitrogen and oxygen atoms in total. The predicted octanol–water partition coefficient (Wildman–Crippen LogP) is 3.28. The van der Waals surface area contributed by atoms with Crippen LogP contribution in [0.2, 0.25) is 0 Å². The summed E-state index contributed by atoms with van der Waals surface area (Å²) in [4.78, 5) is 5.84. The first-order valence-electron chi connectivity index (χ1n) is 4.78. The number of aryl methyl sites for hydroxylation is 1. The van der Waals surface area contributed by atoms with Crippen molar-refractivity contribution in [2.24, 2.45) is 0 Å². The van der Waals surface area contributed by atoms with Crippen LogP contribution >= 0.6 is 35.3 Å². The fourth-order valence-corrected chi connectivity index (χ4v) is 3.22. The number of thioether (sulfide) groups is 1. The zero-order valence-corrected chi connectivity index (χ0v) is 11.4. The van der Waals surface area contributed by atoms with Gasteiger partial charge in [-0.05, 0) is 24.9 Å². The third-order valence-corrected chi connectivity index (χ3v) is 3.98. The van der Waals surface area contributed by atoms with Gasteiger partial charge in [0.1, 0.15) is 9.88 Å². The van der Waals surface area contributed by atoms with Crippen LogP contribution in [0.4, 0.5) is 0 Å². The van der Waals surface area contributed by atoms with E-state index in [1.54, 1.807) is 23.1 Å². The molecule has 0 saturated heterocycles. The van der Waals surface area contributed by atoms with Crippen LogP contribution in [0.3, 0.4) is 0 Å². The Kier molecular flexibility index (Phi) is 3.78. The first-order chi connectivity index (χ1) is 7.74. The Hall–Kier alpha value is -0.660. The SMILES string of the molecule is CCc1nc(CSC)sc1-c1n[nH]c(=S)o1. The highest BCUT2D eigenvalue weighted by atomic mass is 32.2. The molecule has 0 aliphatic carbocycles. The Balaban J connectivity index is 2.42. The maximum absolute atomic E-state index is 5.32. The molecule has 0 spiro atoms. The molecule has 16 heavy (non-hydrogen) atoms. The highest BCUT2D eigenvalue weighted by Gasteiger charge is 2.15. The van der Waals surface area contributed by atoms with E-state index in [0.29, 0.717) is 10.7 Å². The van der Waals surface area contributed by atoms with Gasteiger partial charge in [0, 0.05) is 5.75 Å². The highest BCUT2D eigenvalue weighted by molar-refractivity contribution is 7.97. The second-order valence-electron chi connectivity index (χ2n) is 3.09. The molecular weight excluding hydrogens is 262 g/mol. The molecule has 0 atom stereocenters. The lowest BCUT2D eigenvalue weighted by atomic mass is 10.3. The Labute approximate surface area is 106 Å². The van der Waals surface area contributed by atoms with Crippen molar-refractivity contribution >= 4 is 35.3 Å². The van der Waals surface area contributed by atoms with Gasteiger partial charge in [0.15, 0.2) is 0 Å². The Morgan fingerprint density at radius 1 is 1.56 bits per heavy atom. The van der Waals surface area contributed by atoms with Crippen molar-refractivity contribution in [2.45, 2.75) is 19.1 Å². The van der Waals surface area contributed by atoms with Gasteiger partial charge in [0.2, 0.25) is 0 Å². The summed E-state index contributed by atoms with van der Waals surface area (Å²) in [6, 6.07) is 0. The average molecular weight is 273 g/mol. The fourth-order valence-electron chi connectivity index (χ4n) is 1.32. The summed E-state index contributed by atoms with van der Waals surface area (Å²) in [5, 5.41) is 7.77. The van der Waals surface area contributed by atoms with Gasteiger partial charge in [-0.25, -0.2) is 10.1 Å². The summed E-state index contributed by atoms with van der Waals surface area (Å²) in [5.74, 6) is 1.47. The zero-order valence-electron chi connectivity index (χ0n) is 8.94. The van der Waals surface area contributed by atoms with E-state index in [-0.39, 0.29) is 0 Å². The van der Waals surface area contributed by atoms with Crippen LogP contribution in [0, 0.1) is 4.84 Å². The predicted molar refractivity (Wildman–Crippen MR) is 69.4 cm³/mol. The van der Waals surface area contributed by atoms with Gasteiger partial charge in [-0.2, -0.15) is 11.8 Å². The first-order valence-corrected chi connectivity index (χ1v) is 7.39. The van der Waals surface area contributed by atoms with Crippen LogP contribution in [0.15, 0.2) is 4.42 Å². The van der Waals surface area contributed by atoms with E-state index in [2.05, 4.69) is 28.4 Å². The minimum absolute atomic E-state index is 0.303. The van der Waals surface area contributed by atoms with Crippen LogP contribution in [0.1, 0.15) is 17.6 Å². The van der Waals surface area contributed by atoms with Gasteiger partial charge in [0.25, 0.3) is 10.7 Å². The van der Waals surface area contributed by atoms with E-state index in [1.165, 1.54) is 0 Å². The van der Waals surface area contributed by atoms with Gasteiger partial charge in [-0.1, -0.05) is 6.92 Å². The molecule has 0 saturated carbocycles. The van der Waals surface area contributed by atoms with E-state index in [1.807, 2.05) is 0 Å². The molecule has 2 heterocycles. The van der Waals surface area contributed by atoms with Crippen molar-refractivity contribution in [1.82, 2.24) is 15.2 Å². The molecule has 0 aromatic carbocycles. The Morgan fingerprint density at radius 3 is 2.94 bits per heavy atom. The molecule has 1 N–H and O–H groups in total. The van der Waals surface area contributed by atoms with Gasteiger partial charge in [-0.15, -0.1) is 16.4 Å². The number of nitrogens with one attached hydrogen (secondary N) is 1. The van der Waals surface area contributed by atoms with Crippen molar-refractivity contribution in [3.8, 4) is 10.8 Å². The zero-order chi connectivity index (χ0) is 11.5. The first kappa shape index (κ1) is 11.8. The molecule has 0 unspecified atom stereocenters. The van der Waals surface area contributed by atoms with Crippen LogP contribution in [-0.4, -0.2) is 21.4 Å². The van der Waals surface area contributed by atoms with Gasteiger partial charge in [0.05, 0.1) is 5.69 Å². The number of aromatic amines is 1. The monoisotopic (exact) mass is 273 g/mol. The standard InChI is InChI=1S/C9H11N3OS3/c1-3-5-7(8-11-12-9(14)13-8)16-6(10-5)4-15-2/h3-4H2,1-2H3,(H,12,14). The number of H-pyrrole nitrogens is 1. The molecular formula is C9H11N3OS3. The molecule has 0 bridgehead atoms. The van der Waals surface area contributed by atoms with E-state index in [0.717, 1.165) is 27.8 Å². The quantitative estimate of drug-likeness (QED) is 0.866. The second-order valence-corrected chi connectivity index (χ2v) is 5.41. The molecule has 0 fully saturated rings. The minimum Gasteiger partial charge on any atom is -0.408 e. The van der Waals surface area contributed by atoms with Crippen LogP contribution < -0.4 is 0 Å². The molecule has 2 aromatic heterocycles. The third kappa shape index (κ3) is 2.36. The number of aromatic nitrogens is 3. The van der Waals surface area contributed by atoms with E-state index in [4.69, 9.17) is 16.6 Å². The fraction of sp³-hybridized carbons (Fsp3) is 0.444. The van der Waals surface area contributed by atoms with Crippen molar-refractivity contribution in [1.29, 1.82) is 0 Å². The second kappa shape index (κ2) is 5.11. The number of hydrogen-bond donors (Lipinski definition) is 1. The smallest absolute Gasteiger partial charge is 0.284 e. The largest absolute Gasteiger partial charge is 0.408 e. The Morgan fingerprint density at radius 2 is 2.38 bits per heavy atom. The Bertz CT molecular complexity index is 528. The van der Waals surface area contributed by atoms with Crippen LogP contribution in [-0.2, 0) is 12.2 Å². The molecule has 2 aromatic rings. The van der Waals surface area contributed by atoms with E-state index in [9.17, 15) is 0 Å². The molecule has 0 radical (unpaired) electrons. The highest BCUT2D eigenvalue weighted by Crippen LogP contribution is 2.30. The lowest BCUT2D eigenvalue weighted by molar-refractivity contribution is 0.552. The number of nitrogens with zero attached hydrogens (tertiary/aromatic N) is 2. The number of thiazole rings is 1. The molecule has 0 aliphatic heterocycles. The number of rotatable bonds is 4. The summed E-state index contributed by atoms with van der Waals surface area (Å²) in [7, 11) is 0. The molecule has 0 amide bonds. The molecule has 2 rings (SSSR count). The van der Waals surface area contributed by atoms with Gasteiger partial charge in [-0.3, -0.25) is 0 Å². The third-order valence-electron chi connectivity index (χ3n) is 1.98. The van der Waals surface area contributed by atoms with Crippen molar-refractivity contribution in [3.05, 3.63) is 15.5 Å². The molecule has 7 heteroatoms. The lowest BCUT2D eigenvalue weighted by Gasteiger charge is -1.90. The maximum atomic E-state index is 5.32. The lowest BCUT2D eigenvalue weighted by Crippen LogP contribution is -1.85. The minimum atomic E-state index is 0.303. The summed E-state index contributed by atoms with van der Waals surface area (Å²) >= 11 is 8.24. The maximum Gasteiger partial charge on any atom is 0.284 e. The number of hydrogen-bond acceptors (Lipinski definition) is 6. The summed E-state index contributed by atoms with van der Waals surface area (Å²) < 4.78 is 5.32. The topological polar surface area (TPSA) is 54.7 Å². The molecule has 0 aliphatic rings. The van der Waals surface area contributed by atoms with Crippen molar-refractivity contribution in [2.75, 3.05) is 6.26 Å². The van der Waals surface area contributed by atoms with E-state index < -0.39 is 0 Å². The average Bonchev–Trinajstić information content (AvgIpc) is 2.84. The summed E-state index contributed by atoms with van der Waals surface area (Å²) in [6.07, 6.45) is 2.93. The normalized spacial score (nSPS) is 10.9. The van der Waals surface area contributed by atoms with Gasteiger partial charge >= 0.3 is 0 Å². The van der Waals surface area contributed by atoms with Crippen molar-refractivity contribution < 1.29 is 4.42 Å². The van der Waals surface area contributed by atoms with Gasteiger partial charge < -0.3 is 4.42 Å². The van der Waals surface area contributed by atoms with E-state index >= 15 is 0 Å². The van der Waals surface area contributed by atoms with Crippen molar-refractivity contribution in [3.63, 3.8) is 0 Å². The summed E-state index contributed by atoms with van der Waals surface area (Å²) in [6.45, 7) is 2.07. The van der Waals surface area contributed by atoms with Crippen LogP contribution in [0.25, 0.3) is 10.8 Å². The summed E-state index contributed by atoms with van der Waals surface area (Å²) in [5.41, 5.74) is 1.03.